The molecule has 1 aromatic rings. The van der Waals surface area contributed by atoms with E-state index < -0.39 is 5.97 Å². The molecule has 0 fully saturated rings. The van der Waals surface area contributed by atoms with E-state index in [1.807, 2.05) is 6.07 Å². The molecule has 0 heterocycles. The molecular formula is C10H5Br2NO2. The Morgan fingerprint density at radius 1 is 1.47 bits per heavy atom. The molecule has 1 rings (SSSR count). The number of carboxylic acid groups (broad SMARTS) is 1. The minimum absolute atomic E-state index is 0.461. The van der Waals surface area contributed by atoms with E-state index in [0.717, 1.165) is 10.5 Å². The monoisotopic (exact) mass is 329 g/mol. The molecule has 0 saturated carbocycles. The van der Waals surface area contributed by atoms with E-state index in [1.165, 1.54) is 6.08 Å². The zero-order chi connectivity index (χ0) is 11.4. The Kier molecular flexibility index (Phi) is 4.06. The molecule has 0 saturated heterocycles. The van der Waals surface area contributed by atoms with Crippen molar-refractivity contribution in [1.82, 2.24) is 0 Å². The normalized spacial score (nSPS) is 10.2. The van der Waals surface area contributed by atoms with E-state index in [0.29, 0.717) is 15.6 Å². The van der Waals surface area contributed by atoms with Crippen LogP contribution in [0.3, 0.4) is 0 Å². The molecule has 0 unspecified atom stereocenters. The summed E-state index contributed by atoms with van der Waals surface area (Å²) in [5, 5.41) is 17.3. The molecule has 0 aliphatic heterocycles. The van der Waals surface area contributed by atoms with Crippen LogP contribution in [0.5, 0.6) is 0 Å². The van der Waals surface area contributed by atoms with Gasteiger partial charge in [0.15, 0.2) is 0 Å². The van der Waals surface area contributed by atoms with Crippen molar-refractivity contribution in [3.8, 4) is 6.07 Å². The lowest BCUT2D eigenvalue weighted by Gasteiger charge is -2.03. The summed E-state index contributed by atoms with van der Waals surface area (Å²) in [5.41, 5.74) is 1.10. The number of hydrogen-bond donors (Lipinski definition) is 1. The smallest absolute Gasteiger partial charge is 0.328 e. The molecule has 0 amide bonds. The minimum Gasteiger partial charge on any atom is -0.478 e. The molecule has 0 bridgehead atoms. The number of nitriles is 1. The number of carbonyl (C=O) groups is 1. The second kappa shape index (κ2) is 5.10. The Labute approximate surface area is 103 Å². The van der Waals surface area contributed by atoms with Gasteiger partial charge in [-0.05, 0) is 34.1 Å². The van der Waals surface area contributed by atoms with Gasteiger partial charge in [-0.2, -0.15) is 5.26 Å². The first-order valence-corrected chi connectivity index (χ1v) is 5.44. The third kappa shape index (κ3) is 2.91. The average Bonchev–Trinajstić information content (AvgIpc) is 2.17. The van der Waals surface area contributed by atoms with E-state index in [-0.39, 0.29) is 0 Å². The highest BCUT2D eigenvalue weighted by Crippen LogP contribution is 2.29. The van der Waals surface area contributed by atoms with Crippen molar-refractivity contribution in [3.63, 3.8) is 0 Å². The first-order chi connectivity index (χ1) is 7.06. The molecule has 0 aliphatic rings. The molecule has 0 spiro atoms. The third-order valence-corrected chi connectivity index (χ3v) is 3.19. The Morgan fingerprint density at radius 3 is 2.67 bits per heavy atom. The van der Waals surface area contributed by atoms with Gasteiger partial charge in [0, 0.05) is 20.6 Å². The highest BCUT2D eigenvalue weighted by Gasteiger charge is 2.07. The lowest BCUT2D eigenvalue weighted by Crippen LogP contribution is -1.88. The van der Waals surface area contributed by atoms with Crippen molar-refractivity contribution in [2.24, 2.45) is 0 Å². The molecule has 0 radical (unpaired) electrons. The van der Waals surface area contributed by atoms with Crippen molar-refractivity contribution in [1.29, 1.82) is 5.26 Å². The molecule has 3 nitrogen and oxygen atoms in total. The Morgan fingerprint density at radius 2 is 2.13 bits per heavy atom. The standard InChI is InChI=1S/C10H5Br2NO2/c11-8-3-1-6(5-13)10(12)7(8)2-4-9(14)15/h1-4H,(H,14,15)/b4-2+. The fourth-order valence-electron chi connectivity index (χ4n) is 0.963. The predicted octanol–water partition coefficient (Wildman–Crippen LogP) is 3.18. The van der Waals surface area contributed by atoms with Gasteiger partial charge in [-0.1, -0.05) is 15.9 Å². The molecule has 1 aromatic carbocycles. The molecule has 15 heavy (non-hydrogen) atoms. The highest BCUT2D eigenvalue weighted by atomic mass is 79.9. The number of nitrogens with zero attached hydrogens (tertiary/aromatic N) is 1. The van der Waals surface area contributed by atoms with E-state index in [1.54, 1.807) is 12.1 Å². The van der Waals surface area contributed by atoms with Crippen molar-refractivity contribution in [3.05, 3.63) is 38.3 Å². The summed E-state index contributed by atoms with van der Waals surface area (Å²) >= 11 is 6.52. The van der Waals surface area contributed by atoms with Crippen molar-refractivity contribution >= 4 is 43.9 Å². The first kappa shape index (κ1) is 12.0. The Bertz CT molecular complexity index is 475. The number of aliphatic carboxylic acids is 1. The summed E-state index contributed by atoms with van der Waals surface area (Å²) in [6, 6.07) is 5.35. The van der Waals surface area contributed by atoms with Gasteiger partial charge in [-0.25, -0.2) is 4.79 Å². The van der Waals surface area contributed by atoms with Crippen molar-refractivity contribution in [2.45, 2.75) is 0 Å². The van der Waals surface area contributed by atoms with Gasteiger partial charge in [0.2, 0.25) is 0 Å². The van der Waals surface area contributed by atoms with Gasteiger partial charge in [0.05, 0.1) is 5.56 Å². The van der Waals surface area contributed by atoms with Gasteiger partial charge < -0.3 is 5.11 Å². The van der Waals surface area contributed by atoms with Gasteiger partial charge in [0.25, 0.3) is 0 Å². The van der Waals surface area contributed by atoms with E-state index in [4.69, 9.17) is 10.4 Å². The van der Waals surface area contributed by atoms with Crippen LogP contribution in [0.1, 0.15) is 11.1 Å². The summed E-state index contributed by atoms with van der Waals surface area (Å²) < 4.78 is 1.31. The first-order valence-electron chi connectivity index (χ1n) is 3.85. The SMILES string of the molecule is N#Cc1ccc(Br)c(/C=C/C(=O)O)c1Br. The van der Waals surface area contributed by atoms with Crippen LogP contribution in [0, 0.1) is 11.3 Å². The Hall–Kier alpha value is -1.12. The number of halogens is 2. The zero-order valence-electron chi connectivity index (χ0n) is 7.37. The molecule has 0 aromatic heterocycles. The van der Waals surface area contributed by atoms with Gasteiger partial charge in [-0.3, -0.25) is 0 Å². The van der Waals surface area contributed by atoms with E-state index in [9.17, 15) is 4.79 Å². The minimum atomic E-state index is -1.03. The molecule has 1 N–H and O–H groups in total. The van der Waals surface area contributed by atoms with Crippen LogP contribution in [0.15, 0.2) is 27.2 Å². The van der Waals surface area contributed by atoms with Crippen LogP contribution in [0.25, 0.3) is 6.08 Å². The largest absolute Gasteiger partial charge is 0.478 e. The maximum atomic E-state index is 10.4. The highest BCUT2D eigenvalue weighted by molar-refractivity contribution is 9.11. The van der Waals surface area contributed by atoms with Gasteiger partial charge >= 0.3 is 5.97 Å². The van der Waals surface area contributed by atoms with Crippen LogP contribution in [0.4, 0.5) is 0 Å². The van der Waals surface area contributed by atoms with Gasteiger partial charge in [-0.15, -0.1) is 0 Å². The predicted molar refractivity (Wildman–Crippen MR) is 63.2 cm³/mol. The lowest BCUT2D eigenvalue weighted by atomic mass is 10.1. The number of rotatable bonds is 2. The average molecular weight is 331 g/mol. The number of benzene rings is 1. The van der Waals surface area contributed by atoms with Crippen LogP contribution >= 0.6 is 31.9 Å². The van der Waals surface area contributed by atoms with Crippen LogP contribution in [-0.4, -0.2) is 11.1 Å². The second-order valence-corrected chi connectivity index (χ2v) is 4.25. The summed E-state index contributed by atoms with van der Waals surface area (Å²) in [4.78, 5) is 10.4. The maximum absolute atomic E-state index is 10.4. The van der Waals surface area contributed by atoms with Crippen LogP contribution in [0.2, 0.25) is 0 Å². The molecule has 5 heteroatoms. The molecular weight excluding hydrogens is 326 g/mol. The quantitative estimate of drug-likeness (QED) is 0.847. The Balaban J connectivity index is 3.28. The van der Waals surface area contributed by atoms with Crippen LogP contribution < -0.4 is 0 Å². The molecule has 0 atom stereocenters. The topological polar surface area (TPSA) is 61.1 Å². The molecule has 76 valence electrons. The third-order valence-electron chi connectivity index (χ3n) is 1.64. The molecule has 0 aliphatic carbocycles. The van der Waals surface area contributed by atoms with Gasteiger partial charge in [0.1, 0.15) is 6.07 Å². The summed E-state index contributed by atoms with van der Waals surface area (Å²) in [7, 11) is 0. The summed E-state index contributed by atoms with van der Waals surface area (Å²) in [5.74, 6) is -1.03. The summed E-state index contributed by atoms with van der Waals surface area (Å²) in [6.07, 6.45) is 2.45. The fraction of sp³-hybridized carbons (Fsp3) is 0. The van der Waals surface area contributed by atoms with E-state index in [2.05, 4.69) is 31.9 Å². The number of hydrogen-bond acceptors (Lipinski definition) is 2. The van der Waals surface area contributed by atoms with E-state index >= 15 is 0 Å². The van der Waals surface area contributed by atoms with Crippen LogP contribution in [-0.2, 0) is 4.79 Å². The fourth-order valence-corrected chi connectivity index (χ4v) is 2.26. The number of carboxylic acids is 1. The summed E-state index contributed by atoms with van der Waals surface area (Å²) in [6.45, 7) is 0. The maximum Gasteiger partial charge on any atom is 0.328 e. The van der Waals surface area contributed by atoms with Crippen molar-refractivity contribution < 1.29 is 9.90 Å². The van der Waals surface area contributed by atoms with Crippen molar-refractivity contribution in [2.75, 3.05) is 0 Å². The second-order valence-electron chi connectivity index (χ2n) is 2.61. The lowest BCUT2D eigenvalue weighted by molar-refractivity contribution is -0.131. The zero-order valence-corrected chi connectivity index (χ0v) is 10.5.